The van der Waals surface area contributed by atoms with Crippen molar-refractivity contribution in [3.8, 4) is 11.4 Å². The SMILES string of the molecule is CC(CN)c1nc(-c2ccc[nH]2)cs1. The molecular formula is C10H13N3S. The summed E-state index contributed by atoms with van der Waals surface area (Å²) in [5.41, 5.74) is 7.67. The van der Waals surface area contributed by atoms with Crippen LogP contribution in [0.5, 0.6) is 0 Å². The molecule has 0 aliphatic heterocycles. The molecule has 1 unspecified atom stereocenters. The molecule has 0 aliphatic rings. The van der Waals surface area contributed by atoms with Gasteiger partial charge in [-0.05, 0) is 12.1 Å². The second-order valence-electron chi connectivity index (χ2n) is 3.29. The molecule has 0 fully saturated rings. The van der Waals surface area contributed by atoms with Crippen molar-refractivity contribution in [2.24, 2.45) is 5.73 Å². The van der Waals surface area contributed by atoms with E-state index in [0.717, 1.165) is 16.4 Å². The number of nitrogens with zero attached hydrogens (tertiary/aromatic N) is 1. The van der Waals surface area contributed by atoms with Crippen LogP contribution in [-0.4, -0.2) is 16.5 Å². The largest absolute Gasteiger partial charge is 0.360 e. The molecular weight excluding hydrogens is 194 g/mol. The first kappa shape index (κ1) is 9.43. The molecule has 1 atom stereocenters. The molecule has 0 spiro atoms. The van der Waals surface area contributed by atoms with E-state index in [-0.39, 0.29) is 0 Å². The number of aromatic amines is 1. The summed E-state index contributed by atoms with van der Waals surface area (Å²) in [7, 11) is 0. The Morgan fingerprint density at radius 3 is 3.14 bits per heavy atom. The van der Waals surface area contributed by atoms with E-state index in [0.29, 0.717) is 12.5 Å². The van der Waals surface area contributed by atoms with Gasteiger partial charge in [-0.15, -0.1) is 11.3 Å². The number of H-pyrrole nitrogens is 1. The monoisotopic (exact) mass is 207 g/mol. The lowest BCUT2D eigenvalue weighted by Crippen LogP contribution is -2.08. The number of nitrogens with one attached hydrogen (secondary N) is 1. The molecule has 2 aromatic rings. The van der Waals surface area contributed by atoms with Crippen molar-refractivity contribution >= 4 is 11.3 Å². The van der Waals surface area contributed by atoms with Crippen LogP contribution in [0.1, 0.15) is 17.8 Å². The molecule has 3 N–H and O–H groups in total. The third-order valence-electron chi connectivity index (χ3n) is 2.17. The van der Waals surface area contributed by atoms with Crippen molar-refractivity contribution in [2.75, 3.05) is 6.54 Å². The molecule has 4 heteroatoms. The van der Waals surface area contributed by atoms with Crippen LogP contribution < -0.4 is 5.73 Å². The van der Waals surface area contributed by atoms with Gasteiger partial charge in [0.25, 0.3) is 0 Å². The summed E-state index contributed by atoms with van der Waals surface area (Å²) in [6, 6.07) is 3.99. The fraction of sp³-hybridized carbons (Fsp3) is 0.300. The number of nitrogens with two attached hydrogens (primary N) is 1. The van der Waals surface area contributed by atoms with E-state index in [1.165, 1.54) is 0 Å². The summed E-state index contributed by atoms with van der Waals surface area (Å²) in [6.07, 6.45) is 1.90. The highest BCUT2D eigenvalue weighted by molar-refractivity contribution is 7.10. The zero-order valence-electron chi connectivity index (χ0n) is 8.03. The maximum atomic E-state index is 5.59. The summed E-state index contributed by atoms with van der Waals surface area (Å²) in [5, 5.41) is 3.17. The average Bonchev–Trinajstić information content (AvgIpc) is 2.86. The first-order chi connectivity index (χ1) is 6.81. The third-order valence-corrected chi connectivity index (χ3v) is 3.25. The maximum Gasteiger partial charge on any atom is 0.0976 e. The van der Waals surface area contributed by atoms with Gasteiger partial charge < -0.3 is 10.7 Å². The quantitative estimate of drug-likeness (QED) is 0.810. The van der Waals surface area contributed by atoms with Gasteiger partial charge >= 0.3 is 0 Å². The first-order valence-corrected chi connectivity index (χ1v) is 5.48. The molecule has 3 nitrogen and oxygen atoms in total. The van der Waals surface area contributed by atoms with Crippen LogP contribution >= 0.6 is 11.3 Å². The Kier molecular flexibility index (Phi) is 2.65. The minimum absolute atomic E-state index is 0.351. The van der Waals surface area contributed by atoms with Crippen molar-refractivity contribution in [3.63, 3.8) is 0 Å². The predicted molar refractivity (Wildman–Crippen MR) is 59.4 cm³/mol. The lowest BCUT2D eigenvalue weighted by molar-refractivity contribution is 0.766. The highest BCUT2D eigenvalue weighted by Gasteiger charge is 2.09. The number of hydrogen-bond donors (Lipinski definition) is 2. The van der Waals surface area contributed by atoms with Crippen LogP contribution in [0.3, 0.4) is 0 Å². The molecule has 0 saturated heterocycles. The van der Waals surface area contributed by atoms with Gasteiger partial charge in [-0.3, -0.25) is 0 Å². The Balaban J connectivity index is 2.26. The van der Waals surface area contributed by atoms with Crippen molar-refractivity contribution in [1.82, 2.24) is 9.97 Å². The van der Waals surface area contributed by atoms with Gasteiger partial charge in [0.15, 0.2) is 0 Å². The summed E-state index contributed by atoms with van der Waals surface area (Å²) in [6.45, 7) is 2.75. The fourth-order valence-electron chi connectivity index (χ4n) is 1.23. The predicted octanol–water partition coefficient (Wildman–Crippen LogP) is 2.20. The van der Waals surface area contributed by atoms with E-state index < -0.39 is 0 Å². The standard InChI is InChI=1S/C10H13N3S/c1-7(5-11)10-13-9(6-14-10)8-3-2-4-12-8/h2-4,6-7,12H,5,11H2,1H3. The summed E-state index contributed by atoms with van der Waals surface area (Å²) < 4.78 is 0. The Morgan fingerprint density at radius 2 is 2.50 bits per heavy atom. The van der Waals surface area contributed by atoms with Crippen molar-refractivity contribution in [3.05, 3.63) is 28.7 Å². The van der Waals surface area contributed by atoms with E-state index in [4.69, 9.17) is 5.73 Å². The smallest absolute Gasteiger partial charge is 0.0976 e. The van der Waals surface area contributed by atoms with Crippen LogP contribution in [0.2, 0.25) is 0 Å². The number of aromatic nitrogens is 2. The van der Waals surface area contributed by atoms with Crippen molar-refractivity contribution < 1.29 is 0 Å². The summed E-state index contributed by atoms with van der Waals surface area (Å²) in [5.74, 6) is 0.351. The topological polar surface area (TPSA) is 54.7 Å². The van der Waals surface area contributed by atoms with Crippen molar-refractivity contribution in [2.45, 2.75) is 12.8 Å². The zero-order chi connectivity index (χ0) is 9.97. The van der Waals surface area contributed by atoms with Crippen LogP contribution in [0.4, 0.5) is 0 Å². The minimum atomic E-state index is 0.351. The van der Waals surface area contributed by atoms with Gasteiger partial charge in [0.2, 0.25) is 0 Å². The molecule has 0 saturated carbocycles. The molecule has 2 rings (SSSR count). The fourth-order valence-corrected chi connectivity index (χ4v) is 2.12. The van der Waals surface area contributed by atoms with Crippen LogP contribution in [0, 0.1) is 0 Å². The van der Waals surface area contributed by atoms with E-state index in [1.54, 1.807) is 11.3 Å². The Morgan fingerprint density at radius 1 is 1.64 bits per heavy atom. The van der Waals surface area contributed by atoms with Crippen LogP contribution in [0.15, 0.2) is 23.7 Å². The van der Waals surface area contributed by atoms with Gasteiger partial charge in [-0.25, -0.2) is 4.98 Å². The number of rotatable bonds is 3. The first-order valence-electron chi connectivity index (χ1n) is 4.60. The molecule has 0 amide bonds. The average molecular weight is 207 g/mol. The molecule has 2 heterocycles. The maximum absolute atomic E-state index is 5.59. The number of thiazole rings is 1. The summed E-state index contributed by atoms with van der Waals surface area (Å²) >= 11 is 1.67. The van der Waals surface area contributed by atoms with Gasteiger partial charge in [-0.1, -0.05) is 6.92 Å². The van der Waals surface area contributed by atoms with Gasteiger partial charge in [0.1, 0.15) is 0 Å². The normalized spacial score (nSPS) is 13.0. The number of hydrogen-bond acceptors (Lipinski definition) is 3. The second-order valence-corrected chi connectivity index (χ2v) is 4.18. The Hall–Kier alpha value is -1.13. The Bertz CT molecular complexity index is 391. The second kappa shape index (κ2) is 3.94. The molecule has 0 bridgehead atoms. The minimum Gasteiger partial charge on any atom is -0.360 e. The highest BCUT2D eigenvalue weighted by Crippen LogP contribution is 2.24. The van der Waals surface area contributed by atoms with Crippen LogP contribution in [0.25, 0.3) is 11.4 Å². The van der Waals surface area contributed by atoms with E-state index in [9.17, 15) is 0 Å². The third kappa shape index (κ3) is 1.71. The lowest BCUT2D eigenvalue weighted by Gasteiger charge is -2.01. The van der Waals surface area contributed by atoms with Crippen LogP contribution in [-0.2, 0) is 0 Å². The van der Waals surface area contributed by atoms with E-state index >= 15 is 0 Å². The van der Waals surface area contributed by atoms with Gasteiger partial charge in [0, 0.05) is 24.0 Å². The molecule has 14 heavy (non-hydrogen) atoms. The summed E-state index contributed by atoms with van der Waals surface area (Å²) in [4.78, 5) is 7.67. The lowest BCUT2D eigenvalue weighted by atomic mass is 10.2. The zero-order valence-corrected chi connectivity index (χ0v) is 8.84. The van der Waals surface area contributed by atoms with Gasteiger partial charge in [0.05, 0.1) is 16.4 Å². The molecule has 0 radical (unpaired) electrons. The molecule has 74 valence electrons. The molecule has 2 aromatic heterocycles. The molecule has 0 aliphatic carbocycles. The highest BCUT2D eigenvalue weighted by atomic mass is 32.1. The van der Waals surface area contributed by atoms with E-state index in [2.05, 4.69) is 22.3 Å². The molecule has 0 aromatic carbocycles. The van der Waals surface area contributed by atoms with Gasteiger partial charge in [-0.2, -0.15) is 0 Å². The van der Waals surface area contributed by atoms with E-state index in [1.807, 2.05) is 18.3 Å². The Labute approximate surface area is 87.0 Å². The van der Waals surface area contributed by atoms with Crippen molar-refractivity contribution in [1.29, 1.82) is 0 Å².